The second kappa shape index (κ2) is 5.70. The van der Waals surface area contributed by atoms with Gasteiger partial charge in [0.25, 0.3) is 0 Å². The van der Waals surface area contributed by atoms with E-state index in [1.165, 1.54) is 24.1 Å². The topological polar surface area (TPSA) is 28.2 Å². The van der Waals surface area contributed by atoms with E-state index in [9.17, 15) is 0 Å². The van der Waals surface area contributed by atoms with E-state index < -0.39 is 0 Å². The summed E-state index contributed by atoms with van der Waals surface area (Å²) < 4.78 is 0. The highest BCUT2D eigenvalue weighted by Gasteiger charge is 2.31. The Kier molecular flexibility index (Phi) is 4.23. The number of hydrogen-bond donors (Lipinski definition) is 1. The maximum atomic E-state index is 4.43. The van der Waals surface area contributed by atoms with E-state index in [0.29, 0.717) is 6.04 Å². The third kappa shape index (κ3) is 3.02. The van der Waals surface area contributed by atoms with E-state index >= 15 is 0 Å². The predicted octanol–water partition coefficient (Wildman–Crippen LogP) is 2.73. The van der Waals surface area contributed by atoms with Crippen LogP contribution in [0.5, 0.6) is 0 Å². The van der Waals surface area contributed by atoms with Gasteiger partial charge in [0, 0.05) is 42.8 Å². The first-order valence-corrected chi connectivity index (χ1v) is 7.02. The van der Waals surface area contributed by atoms with Crippen LogP contribution in [0.2, 0.25) is 0 Å². The van der Waals surface area contributed by atoms with Crippen LogP contribution in [0.15, 0.2) is 12.3 Å². The van der Waals surface area contributed by atoms with Crippen molar-refractivity contribution in [3.05, 3.63) is 23.5 Å². The molecule has 1 unspecified atom stereocenters. The Labute approximate surface area is 111 Å². The molecule has 1 aromatic heterocycles. The summed E-state index contributed by atoms with van der Waals surface area (Å²) in [6.07, 6.45) is 4.79. The minimum atomic E-state index is 0.632. The molecule has 100 valence electrons. The summed E-state index contributed by atoms with van der Waals surface area (Å²) in [5.41, 5.74) is 3.74. The molecule has 0 radical (unpaired) electrons. The molecular weight excluding hydrogens is 222 g/mol. The second-order valence-corrected chi connectivity index (χ2v) is 5.42. The average Bonchev–Trinajstić information content (AvgIpc) is 3.19. The monoisotopic (exact) mass is 247 g/mol. The molecule has 1 aliphatic rings. The molecule has 2 rings (SSSR count). The number of aromatic nitrogens is 1. The molecule has 3 nitrogen and oxygen atoms in total. The lowest BCUT2D eigenvalue weighted by Gasteiger charge is -2.29. The zero-order valence-electron chi connectivity index (χ0n) is 12.0. The van der Waals surface area contributed by atoms with Crippen molar-refractivity contribution in [2.75, 3.05) is 18.5 Å². The SMILES string of the molecule is CCNCc1cnc(C)cc1N(C)C(C)C1CC1. The van der Waals surface area contributed by atoms with Gasteiger partial charge in [0.05, 0.1) is 0 Å². The molecule has 3 heteroatoms. The first-order chi connectivity index (χ1) is 8.63. The van der Waals surface area contributed by atoms with Crippen LogP contribution in [0, 0.1) is 12.8 Å². The van der Waals surface area contributed by atoms with Gasteiger partial charge >= 0.3 is 0 Å². The summed E-state index contributed by atoms with van der Waals surface area (Å²) in [5, 5.41) is 3.40. The summed E-state index contributed by atoms with van der Waals surface area (Å²) >= 11 is 0. The molecule has 0 saturated heterocycles. The standard InChI is InChI=1S/C15H25N3/c1-5-16-9-14-10-17-11(2)8-15(14)18(4)12(3)13-6-7-13/h8,10,12-13,16H,5-7,9H2,1-4H3. The molecule has 1 aliphatic carbocycles. The number of nitrogens with zero attached hydrogens (tertiary/aromatic N) is 2. The van der Waals surface area contributed by atoms with Crippen molar-refractivity contribution in [1.82, 2.24) is 10.3 Å². The van der Waals surface area contributed by atoms with Crippen molar-refractivity contribution in [2.24, 2.45) is 5.92 Å². The largest absolute Gasteiger partial charge is 0.371 e. The van der Waals surface area contributed by atoms with Crippen LogP contribution in [0.25, 0.3) is 0 Å². The van der Waals surface area contributed by atoms with Crippen LogP contribution in [0.1, 0.15) is 37.9 Å². The molecule has 0 bridgehead atoms. The van der Waals surface area contributed by atoms with E-state index in [1.54, 1.807) is 0 Å². The first kappa shape index (κ1) is 13.3. The Balaban J connectivity index is 2.19. The van der Waals surface area contributed by atoms with Gasteiger partial charge in [0.2, 0.25) is 0 Å². The fraction of sp³-hybridized carbons (Fsp3) is 0.667. The molecule has 0 aromatic carbocycles. The number of hydrogen-bond acceptors (Lipinski definition) is 3. The lowest BCUT2D eigenvalue weighted by Crippen LogP contribution is -2.32. The zero-order chi connectivity index (χ0) is 13.1. The fourth-order valence-electron chi connectivity index (χ4n) is 2.41. The number of pyridine rings is 1. The fourth-order valence-corrected chi connectivity index (χ4v) is 2.41. The average molecular weight is 247 g/mol. The molecule has 1 aromatic rings. The van der Waals surface area contributed by atoms with Crippen molar-refractivity contribution in [1.29, 1.82) is 0 Å². The van der Waals surface area contributed by atoms with E-state index in [-0.39, 0.29) is 0 Å². The normalized spacial score (nSPS) is 16.7. The minimum absolute atomic E-state index is 0.632. The van der Waals surface area contributed by atoms with Crippen molar-refractivity contribution in [3.8, 4) is 0 Å². The summed E-state index contributed by atoms with van der Waals surface area (Å²) in [5.74, 6) is 0.885. The quantitative estimate of drug-likeness (QED) is 0.838. The van der Waals surface area contributed by atoms with Gasteiger partial charge in [-0.3, -0.25) is 4.98 Å². The van der Waals surface area contributed by atoms with Crippen LogP contribution in [0.3, 0.4) is 0 Å². The van der Waals surface area contributed by atoms with E-state index in [2.05, 4.69) is 49.1 Å². The Morgan fingerprint density at radius 2 is 2.22 bits per heavy atom. The third-order valence-corrected chi connectivity index (χ3v) is 3.96. The zero-order valence-corrected chi connectivity index (χ0v) is 12.0. The Bertz CT molecular complexity index is 399. The Morgan fingerprint density at radius 1 is 1.50 bits per heavy atom. The molecular formula is C15H25N3. The Morgan fingerprint density at radius 3 is 2.83 bits per heavy atom. The first-order valence-electron chi connectivity index (χ1n) is 7.02. The van der Waals surface area contributed by atoms with E-state index in [0.717, 1.165) is 24.7 Å². The van der Waals surface area contributed by atoms with Gasteiger partial charge in [-0.2, -0.15) is 0 Å². The molecule has 1 atom stereocenters. The van der Waals surface area contributed by atoms with Gasteiger partial charge in [0.1, 0.15) is 0 Å². The molecule has 18 heavy (non-hydrogen) atoms. The van der Waals surface area contributed by atoms with Gasteiger partial charge in [-0.1, -0.05) is 6.92 Å². The van der Waals surface area contributed by atoms with Crippen LogP contribution >= 0.6 is 0 Å². The van der Waals surface area contributed by atoms with Gasteiger partial charge < -0.3 is 10.2 Å². The molecule has 0 spiro atoms. The number of aryl methyl sites for hydroxylation is 1. The van der Waals surface area contributed by atoms with Gasteiger partial charge in [-0.05, 0) is 45.2 Å². The van der Waals surface area contributed by atoms with Crippen LogP contribution < -0.4 is 10.2 Å². The lowest BCUT2D eigenvalue weighted by atomic mass is 10.1. The molecule has 1 N–H and O–H groups in total. The Hall–Kier alpha value is -1.09. The van der Waals surface area contributed by atoms with Gasteiger partial charge in [-0.15, -0.1) is 0 Å². The number of nitrogens with one attached hydrogen (secondary N) is 1. The number of rotatable bonds is 6. The second-order valence-electron chi connectivity index (χ2n) is 5.42. The van der Waals surface area contributed by atoms with Gasteiger partial charge in [-0.25, -0.2) is 0 Å². The summed E-state index contributed by atoms with van der Waals surface area (Å²) in [4.78, 5) is 6.86. The molecule has 1 saturated carbocycles. The lowest BCUT2D eigenvalue weighted by molar-refractivity contribution is 0.604. The van der Waals surface area contributed by atoms with Gasteiger partial charge in [0.15, 0.2) is 0 Å². The summed E-state index contributed by atoms with van der Waals surface area (Å²) in [6, 6.07) is 2.85. The van der Waals surface area contributed by atoms with E-state index in [4.69, 9.17) is 0 Å². The van der Waals surface area contributed by atoms with E-state index in [1.807, 2.05) is 6.20 Å². The van der Waals surface area contributed by atoms with Crippen molar-refractivity contribution in [3.63, 3.8) is 0 Å². The number of anilines is 1. The third-order valence-electron chi connectivity index (χ3n) is 3.96. The smallest absolute Gasteiger partial charge is 0.0445 e. The van der Waals surface area contributed by atoms with Crippen LogP contribution in [-0.2, 0) is 6.54 Å². The summed E-state index contributed by atoms with van der Waals surface area (Å²) in [6.45, 7) is 8.44. The molecule has 0 amide bonds. The molecule has 1 fully saturated rings. The molecule has 0 aliphatic heterocycles. The maximum Gasteiger partial charge on any atom is 0.0445 e. The van der Waals surface area contributed by atoms with Crippen molar-refractivity contribution in [2.45, 2.75) is 46.2 Å². The summed E-state index contributed by atoms with van der Waals surface area (Å²) in [7, 11) is 2.22. The van der Waals surface area contributed by atoms with Crippen LogP contribution in [0.4, 0.5) is 5.69 Å². The highest BCUT2D eigenvalue weighted by molar-refractivity contribution is 5.54. The van der Waals surface area contributed by atoms with Crippen molar-refractivity contribution >= 4 is 5.69 Å². The van der Waals surface area contributed by atoms with Crippen molar-refractivity contribution < 1.29 is 0 Å². The molecule has 1 heterocycles. The van der Waals surface area contributed by atoms with Crippen LogP contribution in [-0.4, -0.2) is 24.6 Å². The highest BCUT2D eigenvalue weighted by atomic mass is 15.1. The highest BCUT2D eigenvalue weighted by Crippen LogP contribution is 2.37. The minimum Gasteiger partial charge on any atom is -0.371 e. The maximum absolute atomic E-state index is 4.43. The predicted molar refractivity (Wildman–Crippen MR) is 76.9 cm³/mol.